The number of nitrogen functional groups attached to an aromatic ring is 1. The Morgan fingerprint density at radius 2 is 2.05 bits per heavy atom. The molecule has 0 fully saturated rings. The SMILES string of the molecule is N=C(N)c1ccc(Cn2ncc3ccccc32)c(F)c1. The van der Waals surface area contributed by atoms with Gasteiger partial charge >= 0.3 is 0 Å². The minimum absolute atomic E-state index is 0.139. The number of halogens is 1. The molecule has 0 saturated carbocycles. The Bertz CT molecular complexity index is 791. The predicted molar refractivity (Wildman–Crippen MR) is 76.3 cm³/mol. The molecule has 0 spiro atoms. The molecule has 5 heteroatoms. The van der Waals surface area contributed by atoms with E-state index in [2.05, 4.69) is 5.10 Å². The van der Waals surface area contributed by atoms with E-state index in [9.17, 15) is 4.39 Å². The topological polar surface area (TPSA) is 67.7 Å². The van der Waals surface area contributed by atoms with Crippen molar-refractivity contribution < 1.29 is 4.39 Å². The first-order valence-electron chi connectivity index (χ1n) is 6.18. The van der Waals surface area contributed by atoms with Gasteiger partial charge in [0.1, 0.15) is 11.7 Å². The van der Waals surface area contributed by atoms with Crippen LogP contribution in [-0.4, -0.2) is 15.6 Å². The van der Waals surface area contributed by atoms with Gasteiger partial charge in [-0.15, -0.1) is 0 Å². The lowest BCUT2D eigenvalue weighted by Crippen LogP contribution is -2.12. The van der Waals surface area contributed by atoms with Gasteiger partial charge in [-0.1, -0.05) is 30.3 Å². The molecule has 1 aromatic heterocycles. The van der Waals surface area contributed by atoms with E-state index in [-0.39, 0.29) is 11.7 Å². The highest BCUT2D eigenvalue weighted by Crippen LogP contribution is 2.16. The van der Waals surface area contributed by atoms with Gasteiger partial charge in [-0.25, -0.2) is 4.39 Å². The fourth-order valence-electron chi connectivity index (χ4n) is 2.16. The van der Waals surface area contributed by atoms with E-state index in [1.165, 1.54) is 6.07 Å². The summed E-state index contributed by atoms with van der Waals surface area (Å²) in [4.78, 5) is 0. The van der Waals surface area contributed by atoms with Crippen LogP contribution in [0.2, 0.25) is 0 Å². The van der Waals surface area contributed by atoms with E-state index in [1.54, 1.807) is 23.0 Å². The smallest absolute Gasteiger partial charge is 0.129 e. The van der Waals surface area contributed by atoms with E-state index in [0.29, 0.717) is 17.7 Å². The van der Waals surface area contributed by atoms with Crippen molar-refractivity contribution in [1.82, 2.24) is 9.78 Å². The number of para-hydroxylation sites is 1. The largest absolute Gasteiger partial charge is 0.384 e. The fourth-order valence-corrected chi connectivity index (χ4v) is 2.16. The van der Waals surface area contributed by atoms with Gasteiger partial charge < -0.3 is 5.73 Å². The molecule has 3 N–H and O–H groups in total. The Balaban J connectivity index is 1.97. The number of nitrogens with zero attached hydrogens (tertiary/aromatic N) is 2. The Morgan fingerprint density at radius 1 is 1.25 bits per heavy atom. The van der Waals surface area contributed by atoms with Crippen LogP contribution < -0.4 is 5.73 Å². The molecule has 0 aliphatic rings. The van der Waals surface area contributed by atoms with Gasteiger partial charge in [0, 0.05) is 16.5 Å². The molecule has 0 aliphatic carbocycles. The molecule has 2 aromatic carbocycles. The van der Waals surface area contributed by atoms with Crippen molar-refractivity contribution >= 4 is 16.7 Å². The minimum atomic E-state index is -0.378. The summed E-state index contributed by atoms with van der Waals surface area (Å²) in [7, 11) is 0. The average molecular weight is 268 g/mol. The van der Waals surface area contributed by atoms with Crippen molar-refractivity contribution in [2.45, 2.75) is 6.54 Å². The molecule has 0 bridgehead atoms. The van der Waals surface area contributed by atoms with E-state index in [4.69, 9.17) is 11.1 Å². The summed E-state index contributed by atoms with van der Waals surface area (Å²) in [6, 6.07) is 12.4. The number of amidine groups is 1. The van der Waals surface area contributed by atoms with Gasteiger partial charge in [0.25, 0.3) is 0 Å². The molecule has 0 atom stereocenters. The summed E-state index contributed by atoms with van der Waals surface area (Å²) < 4.78 is 15.8. The molecular weight excluding hydrogens is 255 g/mol. The van der Waals surface area contributed by atoms with Crippen molar-refractivity contribution in [2.75, 3.05) is 0 Å². The van der Waals surface area contributed by atoms with E-state index < -0.39 is 0 Å². The molecule has 3 rings (SSSR count). The normalized spacial score (nSPS) is 10.8. The van der Waals surface area contributed by atoms with E-state index >= 15 is 0 Å². The summed E-state index contributed by atoms with van der Waals surface area (Å²) in [6.07, 6.45) is 1.76. The third-order valence-electron chi connectivity index (χ3n) is 3.24. The highest BCUT2D eigenvalue weighted by Gasteiger charge is 2.08. The molecule has 1 heterocycles. The van der Waals surface area contributed by atoms with Crippen LogP contribution in [0.5, 0.6) is 0 Å². The predicted octanol–water partition coefficient (Wildman–Crippen LogP) is 2.51. The molecule has 20 heavy (non-hydrogen) atoms. The zero-order chi connectivity index (χ0) is 14.1. The maximum Gasteiger partial charge on any atom is 0.129 e. The molecule has 100 valence electrons. The number of rotatable bonds is 3. The second-order valence-electron chi connectivity index (χ2n) is 4.58. The summed E-state index contributed by atoms with van der Waals surface area (Å²) in [5, 5.41) is 12.6. The fraction of sp³-hybridized carbons (Fsp3) is 0.0667. The molecule has 0 aliphatic heterocycles. The quantitative estimate of drug-likeness (QED) is 0.566. The van der Waals surface area contributed by atoms with Gasteiger partial charge in [0.15, 0.2) is 0 Å². The molecule has 0 unspecified atom stereocenters. The van der Waals surface area contributed by atoms with Crippen LogP contribution in [-0.2, 0) is 6.54 Å². The van der Waals surface area contributed by atoms with Crippen LogP contribution in [0.25, 0.3) is 10.9 Å². The molecule has 3 aromatic rings. The first-order chi connectivity index (χ1) is 9.65. The van der Waals surface area contributed by atoms with E-state index in [0.717, 1.165) is 10.9 Å². The highest BCUT2D eigenvalue weighted by molar-refractivity contribution is 5.94. The first-order valence-corrected chi connectivity index (χ1v) is 6.18. The number of nitrogens with one attached hydrogen (secondary N) is 1. The lowest BCUT2D eigenvalue weighted by molar-refractivity contribution is 0.590. The monoisotopic (exact) mass is 268 g/mol. The third-order valence-corrected chi connectivity index (χ3v) is 3.24. The van der Waals surface area contributed by atoms with Gasteiger partial charge in [-0.2, -0.15) is 5.10 Å². The maximum absolute atomic E-state index is 14.0. The van der Waals surface area contributed by atoms with Crippen molar-refractivity contribution in [3.8, 4) is 0 Å². The van der Waals surface area contributed by atoms with Crippen molar-refractivity contribution in [2.24, 2.45) is 5.73 Å². The Kier molecular flexibility index (Phi) is 2.95. The molecule has 4 nitrogen and oxygen atoms in total. The van der Waals surface area contributed by atoms with Crippen molar-refractivity contribution in [3.63, 3.8) is 0 Å². The number of aromatic nitrogens is 2. The second kappa shape index (κ2) is 4.77. The zero-order valence-electron chi connectivity index (χ0n) is 10.7. The van der Waals surface area contributed by atoms with Gasteiger partial charge in [-0.05, 0) is 12.1 Å². The van der Waals surface area contributed by atoms with Gasteiger partial charge in [0.05, 0.1) is 18.3 Å². The van der Waals surface area contributed by atoms with Crippen LogP contribution in [0, 0.1) is 11.2 Å². The highest BCUT2D eigenvalue weighted by atomic mass is 19.1. The second-order valence-corrected chi connectivity index (χ2v) is 4.58. The summed E-state index contributed by atoms with van der Waals surface area (Å²) in [5.74, 6) is -0.516. The van der Waals surface area contributed by atoms with Crippen LogP contribution in [0.4, 0.5) is 4.39 Å². The zero-order valence-corrected chi connectivity index (χ0v) is 10.7. The Morgan fingerprint density at radius 3 is 2.80 bits per heavy atom. The lowest BCUT2D eigenvalue weighted by atomic mass is 10.1. The first kappa shape index (κ1) is 12.3. The Hall–Kier alpha value is -2.69. The van der Waals surface area contributed by atoms with Gasteiger partial charge in [0.2, 0.25) is 0 Å². The van der Waals surface area contributed by atoms with Gasteiger partial charge in [-0.3, -0.25) is 10.1 Å². The molecule has 0 amide bonds. The molecular formula is C15H13FN4. The molecule has 0 radical (unpaired) electrons. The summed E-state index contributed by atoms with van der Waals surface area (Å²) in [6.45, 7) is 0.345. The number of fused-ring (bicyclic) bond motifs is 1. The maximum atomic E-state index is 14.0. The van der Waals surface area contributed by atoms with Crippen LogP contribution in [0.15, 0.2) is 48.7 Å². The van der Waals surface area contributed by atoms with Crippen LogP contribution >= 0.6 is 0 Å². The average Bonchev–Trinajstić information content (AvgIpc) is 2.84. The van der Waals surface area contributed by atoms with Crippen molar-refractivity contribution in [1.29, 1.82) is 5.41 Å². The lowest BCUT2D eigenvalue weighted by Gasteiger charge is -2.07. The van der Waals surface area contributed by atoms with Crippen LogP contribution in [0.1, 0.15) is 11.1 Å². The summed E-state index contributed by atoms with van der Waals surface area (Å²) in [5.41, 5.74) is 7.21. The van der Waals surface area contributed by atoms with Crippen molar-refractivity contribution in [3.05, 3.63) is 65.6 Å². The number of benzene rings is 2. The Labute approximate surface area is 115 Å². The molecule has 0 saturated heterocycles. The van der Waals surface area contributed by atoms with Crippen LogP contribution in [0.3, 0.4) is 0 Å². The number of hydrogen-bond acceptors (Lipinski definition) is 2. The standard InChI is InChI=1S/C15H13FN4/c16-13-7-10(15(17)18)5-6-12(13)9-20-14-4-2-1-3-11(14)8-19-20/h1-8H,9H2,(H3,17,18). The minimum Gasteiger partial charge on any atom is -0.384 e. The number of hydrogen-bond donors (Lipinski definition) is 2. The van der Waals surface area contributed by atoms with E-state index in [1.807, 2.05) is 24.3 Å². The number of nitrogens with two attached hydrogens (primary N) is 1. The summed E-state index contributed by atoms with van der Waals surface area (Å²) >= 11 is 0. The third kappa shape index (κ3) is 2.14.